The van der Waals surface area contributed by atoms with E-state index in [0.717, 1.165) is 18.1 Å². The van der Waals surface area contributed by atoms with Crippen LogP contribution in [0, 0.1) is 0 Å². The molecule has 0 aliphatic rings. The summed E-state index contributed by atoms with van der Waals surface area (Å²) in [6.45, 7) is 1.67. The van der Waals surface area contributed by atoms with Crippen molar-refractivity contribution in [3.63, 3.8) is 0 Å². The van der Waals surface area contributed by atoms with E-state index in [-0.39, 0.29) is 0 Å². The molecule has 2 aromatic heterocycles. The Balaban J connectivity index is 1.74. The minimum absolute atomic E-state index is 0.819. The molecular weight excluding hydrogens is 242 g/mol. The van der Waals surface area contributed by atoms with Gasteiger partial charge in [-0.25, -0.2) is 4.98 Å². The van der Waals surface area contributed by atoms with E-state index in [9.17, 15) is 0 Å². The predicted octanol–water partition coefficient (Wildman–Crippen LogP) is 2.98. The lowest BCUT2D eigenvalue weighted by Gasteiger charge is -2.06. The van der Waals surface area contributed by atoms with Crippen molar-refractivity contribution >= 4 is 22.1 Å². The van der Waals surface area contributed by atoms with E-state index in [2.05, 4.69) is 39.6 Å². The van der Waals surface area contributed by atoms with Gasteiger partial charge in [0, 0.05) is 42.4 Å². The number of hydrogen-bond acceptors (Lipinski definition) is 4. The van der Waals surface area contributed by atoms with E-state index in [1.54, 1.807) is 11.3 Å². The summed E-state index contributed by atoms with van der Waals surface area (Å²) in [7, 11) is 0. The van der Waals surface area contributed by atoms with E-state index in [1.807, 2.05) is 24.0 Å². The van der Waals surface area contributed by atoms with Gasteiger partial charge in [0.25, 0.3) is 0 Å². The Morgan fingerprint density at radius 3 is 3.00 bits per heavy atom. The van der Waals surface area contributed by atoms with Crippen LogP contribution >= 0.6 is 11.3 Å². The maximum Gasteiger partial charge on any atom is 0.106 e. The Bertz CT molecular complexity index is 629. The third kappa shape index (κ3) is 2.39. The zero-order valence-corrected chi connectivity index (χ0v) is 10.7. The first-order chi connectivity index (χ1) is 8.93. The van der Waals surface area contributed by atoms with Crippen molar-refractivity contribution in [1.29, 1.82) is 0 Å². The minimum Gasteiger partial charge on any atom is -0.306 e. The van der Waals surface area contributed by atoms with Crippen molar-refractivity contribution in [2.45, 2.75) is 13.1 Å². The van der Waals surface area contributed by atoms with Gasteiger partial charge in [-0.1, -0.05) is 18.2 Å². The summed E-state index contributed by atoms with van der Waals surface area (Å²) in [6.07, 6.45) is 5.58. The predicted molar refractivity (Wildman–Crippen MR) is 74.4 cm³/mol. The minimum atomic E-state index is 0.819. The Hall–Kier alpha value is -1.78. The second kappa shape index (κ2) is 5.25. The van der Waals surface area contributed by atoms with E-state index in [4.69, 9.17) is 0 Å². The second-order valence-corrected chi connectivity index (χ2v) is 5.02. The number of fused-ring (bicyclic) bond motifs is 1. The number of nitrogens with one attached hydrogen (secondary N) is 1. The highest BCUT2D eigenvalue weighted by molar-refractivity contribution is 7.09. The summed E-state index contributed by atoms with van der Waals surface area (Å²) in [5.74, 6) is 0. The van der Waals surface area contributed by atoms with E-state index in [0.29, 0.717) is 0 Å². The monoisotopic (exact) mass is 255 g/mol. The van der Waals surface area contributed by atoms with Gasteiger partial charge in [-0.2, -0.15) is 0 Å². The van der Waals surface area contributed by atoms with Gasteiger partial charge >= 0.3 is 0 Å². The molecule has 4 heteroatoms. The van der Waals surface area contributed by atoms with Crippen molar-refractivity contribution < 1.29 is 0 Å². The second-order valence-electron chi connectivity index (χ2n) is 4.04. The smallest absolute Gasteiger partial charge is 0.106 e. The third-order valence-corrected chi connectivity index (χ3v) is 3.63. The van der Waals surface area contributed by atoms with Crippen molar-refractivity contribution in [2.75, 3.05) is 0 Å². The van der Waals surface area contributed by atoms with Crippen LogP contribution in [0.4, 0.5) is 0 Å². The van der Waals surface area contributed by atoms with Crippen LogP contribution in [0.25, 0.3) is 10.8 Å². The fraction of sp³-hybridized carbons (Fsp3) is 0.143. The highest BCUT2D eigenvalue weighted by Crippen LogP contribution is 2.17. The number of nitrogens with zero attached hydrogens (tertiary/aromatic N) is 2. The van der Waals surface area contributed by atoms with Gasteiger partial charge in [0.15, 0.2) is 0 Å². The maximum atomic E-state index is 4.26. The van der Waals surface area contributed by atoms with Crippen LogP contribution in [0.3, 0.4) is 0 Å². The summed E-state index contributed by atoms with van der Waals surface area (Å²) >= 11 is 1.68. The molecule has 0 radical (unpaired) electrons. The van der Waals surface area contributed by atoms with Crippen LogP contribution in [0.15, 0.2) is 48.2 Å². The first kappa shape index (κ1) is 11.3. The van der Waals surface area contributed by atoms with Crippen molar-refractivity contribution in [1.82, 2.24) is 15.3 Å². The molecule has 0 bridgehead atoms. The Morgan fingerprint density at radius 1 is 1.11 bits per heavy atom. The van der Waals surface area contributed by atoms with Gasteiger partial charge in [-0.3, -0.25) is 4.98 Å². The fourth-order valence-corrected chi connectivity index (χ4v) is 2.57. The molecule has 0 atom stereocenters. The van der Waals surface area contributed by atoms with Gasteiger partial charge in [-0.15, -0.1) is 11.3 Å². The Labute approximate surface area is 110 Å². The first-order valence-electron chi connectivity index (χ1n) is 5.84. The molecule has 0 saturated carbocycles. The van der Waals surface area contributed by atoms with Crippen LogP contribution in [0.1, 0.15) is 10.6 Å². The molecule has 0 aliphatic heterocycles. The van der Waals surface area contributed by atoms with Gasteiger partial charge in [-0.05, 0) is 17.0 Å². The molecule has 18 heavy (non-hydrogen) atoms. The summed E-state index contributed by atoms with van der Waals surface area (Å²) in [4.78, 5) is 8.40. The molecule has 0 aliphatic carbocycles. The topological polar surface area (TPSA) is 37.8 Å². The molecule has 0 spiro atoms. The quantitative estimate of drug-likeness (QED) is 0.779. The Morgan fingerprint density at radius 2 is 2.11 bits per heavy atom. The van der Waals surface area contributed by atoms with Crippen molar-refractivity contribution in [3.8, 4) is 0 Å². The molecule has 3 rings (SSSR count). The summed E-state index contributed by atoms with van der Waals surface area (Å²) in [5, 5.41) is 9.00. The SMILES string of the molecule is c1cc(CNCc2nccs2)c2ccncc2c1. The van der Waals surface area contributed by atoms with Crippen LogP contribution in [-0.4, -0.2) is 9.97 Å². The number of benzene rings is 1. The summed E-state index contributed by atoms with van der Waals surface area (Å²) in [6, 6.07) is 8.38. The van der Waals surface area contributed by atoms with Gasteiger partial charge in [0.2, 0.25) is 0 Å². The van der Waals surface area contributed by atoms with Crippen LogP contribution in [0.2, 0.25) is 0 Å². The van der Waals surface area contributed by atoms with Crippen molar-refractivity contribution in [3.05, 3.63) is 58.8 Å². The number of pyridine rings is 1. The molecular formula is C14H13N3S. The highest BCUT2D eigenvalue weighted by Gasteiger charge is 2.01. The molecule has 2 heterocycles. The van der Waals surface area contributed by atoms with E-state index >= 15 is 0 Å². The lowest BCUT2D eigenvalue weighted by molar-refractivity contribution is 0.693. The average Bonchev–Trinajstić information content (AvgIpc) is 2.92. The molecule has 0 unspecified atom stereocenters. The molecule has 3 nitrogen and oxygen atoms in total. The highest BCUT2D eigenvalue weighted by atomic mass is 32.1. The van der Waals surface area contributed by atoms with Gasteiger partial charge in [0.1, 0.15) is 5.01 Å². The Kier molecular flexibility index (Phi) is 3.30. The summed E-state index contributed by atoms with van der Waals surface area (Å²) < 4.78 is 0. The standard InChI is InChI=1S/C14H13N3S/c1-2-11-8-15-5-4-13(11)12(3-1)9-16-10-14-17-6-7-18-14/h1-8,16H,9-10H2. The normalized spacial score (nSPS) is 10.9. The number of thiazole rings is 1. The maximum absolute atomic E-state index is 4.26. The lowest BCUT2D eigenvalue weighted by Crippen LogP contribution is -2.12. The number of aromatic nitrogens is 2. The molecule has 0 fully saturated rings. The molecule has 3 aromatic rings. The molecule has 0 saturated heterocycles. The van der Waals surface area contributed by atoms with Crippen LogP contribution in [-0.2, 0) is 13.1 Å². The number of hydrogen-bond donors (Lipinski definition) is 1. The van der Waals surface area contributed by atoms with E-state index in [1.165, 1.54) is 16.3 Å². The molecule has 90 valence electrons. The average molecular weight is 255 g/mol. The largest absolute Gasteiger partial charge is 0.306 e. The van der Waals surface area contributed by atoms with E-state index < -0.39 is 0 Å². The zero-order chi connectivity index (χ0) is 12.2. The number of rotatable bonds is 4. The van der Waals surface area contributed by atoms with Crippen LogP contribution in [0.5, 0.6) is 0 Å². The van der Waals surface area contributed by atoms with Gasteiger partial charge in [0.05, 0.1) is 0 Å². The fourth-order valence-electron chi connectivity index (χ4n) is 1.99. The first-order valence-corrected chi connectivity index (χ1v) is 6.72. The molecule has 0 amide bonds. The zero-order valence-electron chi connectivity index (χ0n) is 9.84. The van der Waals surface area contributed by atoms with Crippen molar-refractivity contribution in [2.24, 2.45) is 0 Å². The van der Waals surface area contributed by atoms with Crippen LogP contribution < -0.4 is 5.32 Å². The molecule has 1 aromatic carbocycles. The molecule has 1 N–H and O–H groups in total. The van der Waals surface area contributed by atoms with Gasteiger partial charge < -0.3 is 5.32 Å². The third-order valence-electron chi connectivity index (χ3n) is 2.85. The summed E-state index contributed by atoms with van der Waals surface area (Å²) in [5.41, 5.74) is 1.30. The lowest BCUT2D eigenvalue weighted by atomic mass is 10.1.